The molecule has 1 unspecified atom stereocenters. The van der Waals surface area contributed by atoms with Crippen molar-refractivity contribution >= 4 is 11.6 Å². The second-order valence-electron chi connectivity index (χ2n) is 4.27. The van der Waals surface area contributed by atoms with Crippen LogP contribution >= 0.6 is 0 Å². The molecule has 4 nitrogen and oxygen atoms in total. The van der Waals surface area contributed by atoms with Crippen LogP contribution in [0.15, 0.2) is 24.3 Å². The minimum absolute atomic E-state index is 0.0631. The summed E-state index contributed by atoms with van der Waals surface area (Å²) in [6, 6.07) is 8.09. The zero-order chi connectivity index (χ0) is 11.0. The average molecular weight is 218 g/mol. The second-order valence-corrected chi connectivity index (χ2v) is 4.27. The standard InChI is InChI=1S/C12H14N2O2/c15-12-11(7-13-8-5-6-8)16-10-4-2-1-3-9(10)14-12/h1-4,8,11,13H,5-7H2,(H,14,15). The molecule has 0 spiro atoms. The lowest BCUT2D eigenvalue weighted by Gasteiger charge is -2.25. The molecule has 1 amide bonds. The van der Waals surface area contributed by atoms with Crippen LogP contribution in [0.3, 0.4) is 0 Å². The van der Waals surface area contributed by atoms with Gasteiger partial charge in [0.2, 0.25) is 0 Å². The highest BCUT2D eigenvalue weighted by molar-refractivity contribution is 5.97. The average Bonchev–Trinajstić information content (AvgIpc) is 3.10. The Hall–Kier alpha value is -1.55. The molecular weight excluding hydrogens is 204 g/mol. The molecule has 0 bridgehead atoms. The van der Waals surface area contributed by atoms with Gasteiger partial charge < -0.3 is 15.4 Å². The first-order valence-corrected chi connectivity index (χ1v) is 5.63. The Balaban J connectivity index is 1.70. The summed E-state index contributed by atoms with van der Waals surface area (Å²) in [6.45, 7) is 0.588. The first-order valence-electron chi connectivity index (χ1n) is 5.63. The highest BCUT2D eigenvalue weighted by Crippen LogP contribution is 2.28. The van der Waals surface area contributed by atoms with Crippen molar-refractivity contribution < 1.29 is 9.53 Å². The van der Waals surface area contributed by atoms with Crippen molar-refractivity contribution in [2.24, 2.45) is 0 Å². The summed E-state index contributed by atoms with van der Waals surface area (Å²) >= 11 is 0. The van der Waals surface area contributed by atoms with Crippen LogP contribution in [0.1, 0.15) is 12.8 Å². The van der Waals surface area contributed by atoms with E-state index in [4.69, 9.17) is 4.74 Å². The van der Waals surface area contributed by atoms with Crippen molar-refractivity contribution in [3.8, 4) is 5.75 Å². The normalized spacial score (nSPS) is 23.2. The summed E-state index contributed by atoms with van der Waals surface area (Å²) in [5, 5.41) is 6.15. The third-order valence-corrected chi connectivity index (χ3v) is 2.88. The van der Waals surface area contributed by atoms with E-state index >= 15 is 0 Å². The predicted molar refractivity (Wildman–Crippen MR) is 60.5 cm³/mol. The van der Waals surface area contributed by atoms with Gasteiger partial charge in [-0.1, -0.05) is 12.1 Å². The van der Waals surface area contributed by atoms with Crippen LogP contribution in [-0.4, -0.2) is 24.6 Å². The predicted octanol–water partition coefficient (Wildman–Crippen LogP) is 1.14. The molecule has 1 aliphatic heterocycles. The van der Waals surface area contributed by atoms with Gasteiger partial charge in [-0.25, -0.2) is 0 Å². The number of anilines is 1. The van der Waals surface area contributed by atoms with Crippen LogP contribution in [0.4, 0.5) is 5.69 Å². The Bertz CT molecular complexity index is 415. The third kappa shape index (κ3) is 1.88. The number of ether oxygens (including phenoxy) is 1. The number of nitrogens with one attached hydrogen (secondary N) is 2. The maximum Gasteiger partial charge on any atom is 0.266 e. The first-order chi connectivity index (χ1) is 7.83. The Morgan fingerprint density at radius 1 is 1.38 bits per heavy atom. The van der Waals surface area contributed by atoms with Crippen molar-refractivity contribution in [1.82, 2.24) is 5.32 Å². The minimum atomic E-state index is -0.407. The summed E-state index contributed by atoms with van der Waals surface area (Å²) in [4.78, 5) is 11.7. The van der Waals surface area contributed by atoms with E-state index in [1.165, 1.54) is 12.8 Å². The van der Waals surface area contributed by atoms with Crippen LogP contribution < -0.4 is 15.4 Å². The van der Waals surface area contributed by atoms with Gasteiger partial charge in [0.1, 0.15) is 5.75 Å². The molecule has 1 heterocycles. The molecule has 3 rings (SSSR count). The fourth-order valence-electron chi connectivity index (χ4n) is 1.79. The molecule has 0 saturated heterocycles. The lowest BCUT2D eigenvalue weighted by molar-refractivity contribution is -0.123. The molecule has 1 aromatic carbocycles. The van der Waals surface area contributed by atoms with Crippen LogP contribution in [-0.2, 0) is 4.79 Å². The number of hydrogen-bond acceptors (Lipinski definition) is 3. The number of rotatable bonds is 3. The summed E-state index contributed by atoms with van der Waals surface area (Å²) in [7, 11) is 0. The lowest BCUT2D eigenvalue weighted by atomic mass is 10.2. The zero-order valence-electron chi connectivity index (χ0n) is 8.90. The van der Waals surface area contributed by atoms with Crippen LogP contribution in [0.2, 0.25) is 0 Å². The number of amides is 1. The number of para-hydroxylation sites is 2. The Morgan fingerprint density at radius 2 is 2.19 bits per heavy atom. The molecule has 1 fully saturated rings. The Kier molecular flexibility index (Phi) is 2.29. The maximum absolute atomic E-state index is 11.7. The molecule has 0 aromatic heterocycles. The fourth-order valence-corrected chi connectivity index (χ4v) is 1.79. The van der Waals surface area contributed by atoms with Crippen LogP contribution in [0.25, 0.3) is 0 Å². The van der Waals surface area contributed by atoms with Crippen LogP contribution in [0, 0.1) is 0 Å². The molecule has 16 heavy (non-hydrogen) atoms. The minimum Gasteiger partial charge on any atom is -0.477 e. The summed E-state index contributed by atoms with van der Waals surface area (Å²) in [5.41, 5.74) is 0.759. The van der Waals surface area contributed by atoms with Gasteiger partial charge in [-0.3, -0.25) is 4.79 Å². The molecule has 4 heteroatoms. The van der Waals surface area contributed by atoms with Crippen molar-refractivity contribution in [2.45, 2.75) is 25.0 Å². The molecule has 1 aromatic rings. The summed E-state index contributed by atoms with van der Waals surface area (Å²) < 4.78 is 5.65. The van der Waals surface area contributed by atoms with Gasteiger partial charge in [-0.05, 0) is 25.0 Å². The molecule has 1 saturated carbocycles. The van der Waals surface area contributed by atoms with Crippen molar-refractivity contribution in [1.29, 1.82) is 0 Å². The van der Waals surface area contributed by atoms with Crippen molar-refractivity contribution in [2.75, 3.05) is 11.9 Å². The maximum atomic E-state index is 11.7. The van der Waals surface area contributed by atoms with Gasteiger partial charge in [0.05, 0.1) is 5.69 Å². The van der Waals surface area contributed by atoms with E-state index in [1.54, 1.807) is 0 Å². The largest absolute Gasteiger partial charge is 0.477 e. The van der Waals surface area contributed by atoms with Gasteiger partial charge in [0.25, 0.3) is 5.91 Å². The number of carbonyl (C=O) groups is 1. The smallest absolute Gasteiger partial charge is 0.266 e. The van der Waals surface area contributed by atoms with E-state index < -0.39 is 6.10 Å². The molecular formula is C12H14N2O2. The number of benzene rings is 1. The van der Waals surface area contributed by atoms with Gasteiger partial charge >= 0.3 is 0 Å². The van der Waals surface area contributed by atoms with E-state index in [-0.39, 0.29) is 5.91 Å². The Labute approximate surface area is 94.0 Å². The molecule has 2 aliphatic rings. The number of hydrogen-bond donors (Lipinski definition) is 2. The summed E-state index contributed by atoms with van der Waals surface area (Å²) in [5.74, 6) is 0.691. The lowest BCUT2D eigenvalue weighted by Crippen LogP contribution is -2.44. The topological polar surface area (TPSA) is 50.4 Å². The van der Waals surface area contributed by atoms with E-state index in [1.807, 2.05) is 24.3 Å². The molecule has 84 valence electrons. The Morgan fingerprint density at radius 3 is 3.00 bits per heavy atom. The van der Waals surface area contributed by atoms with E-state index in [2.05, 4.69) is 10.6 Å². The van der Waals surface area contributed by atoms with Crippen molar-refractivity contribution in [3.63, 3.8) is 0 Å². The second kappa shape index (κ2) is 3.79. The number of carbonyl (C=O) groups excluding carboxylic acids is 1. The van der Waals surface area contributed by atoms with E-state index in [9.17, 15) is 4.79 Å². The number of fused-ring (bicyclic) bond motifs is 1. The summed E-state index contributed by atoms with van der Waals surface area (Å²) in [6.07, 6.45) is 2.02. The molecule has 1 atom stereocenters. The van der Waals surface area contributed by atoms with E-state index in [0.29, 0.717) is 12.6 Å². The molecule has 1 aliphatic carbocycles. The quantitative estimate of drug-likeness (QED) is 0.799. The van der Waals surface area contributed by atoms with Crippen molar-refractivity contribution in [3.05, 3.63) is 24.3 Å². The first kappa shape index (κ1) is 9.66. The van der Waals surface area contributed by atoms with Gasteiger partial charge in [0, 0.05) is 12.6 Å². The van der Waals surface area contributed by atoms with Gasteiger partial charge in [-0.2, -0.15) is 0 Å². The van der Waals surface area contributed by atoms with Gasteiger partial charge in [0.15, 0.2) is 6.10 Å². The van der Waals surface area contributed by atoms with E-state index in [0.717, 1.165) is 11.4 Å². The SMILES string of the molecule is O=C1Nc2ccccc2OC1CNC1CC1. The third-order valence-electron chi connectivity index (χ3n) is 2.88. The monoisotopic (exact) mass is 218 g/mol. The molecule has 2 N–H and O–H groups in total. The van der Waals surface area contributed by atoms with Crippen LogP contribution in [0.5, 0.6) is 5.75 Å². The highest BCUT2D eigenvalue weighted by atomic mass is 16.5. The zero-order valence-corrected chi connectivity index (χ0v) is 8.90. The highest BCUT2D eigenvalue weighted by Gasteiger charge is 2.29. The van der Waals surface area contributed by atoms with Gasteiger partial charge in [-0.15, -0.1) is 0 Å². The molecule has 0 radical (unpaired) electrons. The fraction of sp³-hybridized carbons (Fsp3) is 0.417.